The molecule has 0 radical (unpaired) electrons. The zero-order chi connectivity index (χ0) is 18.8. The molecule has 3 rings (SSSR count). The average Bonchev–Trinajstić information content (AvgIpc) is 2.63. The molecule has 0 heterocycles. The van der Waals surface area contributed by atoms with Gasteiger partial charge < -0.3 is 9.47 Å². The topological polar surface area (TPSA) is 18.5 Å². The quantitative estimate of drug-likeness (QED) is 0.404. The fourth-order valence-corrected chi connectivity index (χ4v) is 3.46. The van der Waals surface area contributed by atoms with Crippen LogP contribution in [0.4, 0.5) is 8.78 Å². The molecular formula is C20H14Br2F2O2. The fourth-order valence-electron chi connectivity index (χ4n) is 2.74. The lowest BCUT2D eigenvalue weighted by molar-refractivity contribution is 0.415. The van der Waals surface area contributed by atoms with Gasteiger partial charge in [0, 0.05) is 31.2 Å². The van der Waals surface area contributed by atoms with Crippen LogP contribution in [0.2, 0.25) is 0 Å². The van der Waals surface area contributed by atoms with Gasteiger partial charge in [0.2, 0.25) is 0 Å². The van der Waals surface area contributed by atoms with Crippen molar-refractivity contribution in [1.29, 1.82) is 0 Å². The molecule has 2 nitrogen and oxygen atoms in total. The van der Waals surface area contributed by atoms with E-state index in [4.69, 9.17) is 9.47 Å². The summed E-state index contributed by atoms with van der Waals surface area (Å²) in [5.74, 6) is -0.196. The third-order valence-corrected chi connectivity index (χ3v) is 4.95. The van der Waals surface area contributed by atoms with Gasteiger partial charge in [-0.05, 0) is 48.5 Å². The predicted molar refractivity (Wildman–Crippen MR) is 106 cm³/mol. The summed E-state index contributed by atoms with van der Waals surface area (Å²) in [6.45, 7) is 0. The van der Waals surface area contributed by atoms with Crippen LogP contribution < -0.4 is 9.47 Å². The highest BCUT2D eigenvalue weighted by atomic mass is 79.9. The number of hydrogen-bond donors (Lipinski definition) is 0. The Morgan fingerprint density at radius 3 is 1.35 bits per heavy atom. The van der Waals surface area contributed by atoms with Crippen LogP contribution in [0, 0.1) is 11.6 Å². The molecular weight excluding hydrogens is 470 g/mol. The Bertz CT molecular complexity index is 895. The Balaban J connectivity index is 2.20. The third-order valence-electron chi connectivity index (χ3n) is 3.96. The van der Waals surface area contributed by atoms with E-state index >= 15 is 0 Å². The lowest BCUT2D eigenvalue weighted by atomic mass is 9.98. The molecule has 0 aromatic heterocycles. The van der Waals surface area contributed by atoms with Crippen LogP contribution in [0.25, 0.3) is 22.3 Å². The summed E-state index contributed by atoms with van der Waals surface area (Å²) in [6, 6.07) is 12.7. The van der Waals surface area contributed by atoms with Gasteiger partial charge in [-0.3, -0.25) is 0 Å². The third kappa shape index (κ3) is 3.62. The highest BCUT2D eigenvalue weighted by molar-refractivity contribution is 9.10. The highest BCUT2D eigenvalue weighted by Crippen LogP contribution is 2.39. The lowest BCUT2D eigenvalue weighted by Crippen LogP contribution is -1.96. The van der Waals surface area contributed by atoms with E-state index in [1.807, 2.05) is 0 Å². The van der Waals surface area contributed by atoms with Crippen molar-refractivity contribution in [2.75, 3.05) is 14.2 Å². The summed E-state index contributed by atoms with van der Waals surface area (Å²) in [7, 11) is 2.98. The smallest absolute Gasteiger partial charge is 0.131 e. The first-order valence-electron chi connectivity index (χ1n) is 7.61. The number of hydrogen-bond acceptors (Lipinski definition) is 2. The van der Waals surface area contributed by atoms with E-state index in [0.29, 0.717) is 22.6 Å². The molecule has 0 aliphatic rings. The summed E-state index contributed by atoms with van der Waals surface area (Å²) in [5.41, 5.74) is 1.17. The second-order valence-corrected chi connectivity index (χ2v) is 7.33. The molecule has 0 saturated heterocycles. The first-order valence-corrected chi connectivity index (χ1v) is 9.20. The number of rotatable bonds is 4. The molecule has 0 atom stereocenters. The Kier molecular flexibility index (Phi) is 5.63. The molecule has 0 aliphatic carbocycles. The summed E-state index contributed by atoms with van der Waals surface area (Å²) in [4.78, 5) is 0. The predicted octanol–water partition coefficient (Wildman–Crippen LogP) is 6.84. The van der Waals surface area contributed by atoms with Crippen molar-refractivity contribution in [3.8, 4) is 33.8 Å². The average molecular weight is 484 g/mol. The van der Waals surface area contributed by atoms with E-state index in [2.05, 4.69) is 31.9 Å². The SMILES string of the molecule is COc1ccc(Br)cc1-c1cc(F)c(-c2cc(Br)ccc2OC)cc1F. The lowest BCUT2D eigenvalue weighted by Gasteiger charge is -2.14. The summed E-state index contributed by atoms with van der Waals surface area (Å²) in [6.07, 6.45) is 0. The number of halogens is 4. The largest absolute Gasteiger partial charge is 0.496 e. The molecule has 134 valence electrons. The summed E-state index contributed by atoms with van der Waals surface area (Å²) >= 11 is 6.70. The maximum Gasteiger partial charge on any atom is 0.131 e. The molecule has 0 N–H and O–H groups in total. The number of benzene rings is 3. The maximum atomic E-state index is 14.9. The van der Waals surface area contributed by atoms with Crippen LogP contribution in [0.5, 0.6) is 11.5 Å². The molecule has 26 heavy (non-hydrogen) atoms. The van der Waals surface area contributed by atoms with Gasteiger partial charge in [-0.15, -0.1) is 0 Å². The van der Waals surface area contributed by atoms with Crippen molar-refractivity contribution < 1.29 is 18.3 Å². The van der Waals surface area contributed by atoms with E-state index in [-0.39, 0.29) is 11.1 Å². The van der Waals surface area contributed by atoms with Gasteiger partial charge in [-0.1, -0.05) is 31.9 Å². The zero-order valence-electron chi connectivity index (χ0n) is 13.9. The van der Waals surface area contributed by atoms with Gasteiger partial charge in [-0.2, -0.15) is 0 Å². The van der Waals surface area contributed by atoms with Gasteiger partial charge in [-0.25, -0.2) is 8.78 Å². The van der Waals surface area contributed by atoms with E-state index in [9.17, 15) is 8.78 Å². The highest BCUT2D eigenvalue weighted by Gasteiger charge is 2.18. The Labute approximate surface area is 167 Å². The monoisotopic (exact) mass is 482 g/mol. The van der Waals surface area contributed by atoms with Crippen molar-refractivity contribution in [2.24, 2.45) is 0 Å². The molecule has 0 fully saturated rings. The van der Waals surface area contributed by atoms with Crippen LogP contribution in [0.1, 0.15) is 0 Å². The Morgan fingerprint density at radius 1 is 0.615 bits per heavy atom. The standard InChI is InChI=1S/C20H14Br2F2O2/c1-25-19-5-3-11(21)7-15(19)13-9-18(24)14(10-17(13)23)16-8-12(22)4-6-20(16)26-2/h3-10H,1-2H3. The molecule has 0 aliphatic heterocycles. The van der Waals surface area contributed by atoms with Crippen LogP contribution >= 0.6 is 31.9 Å². The zero-order valence-corrected chi connectivity index (χ0v) is 17.1. The van der Waals surface area contributed by atoms with Gasteiger partial charge in [0.15, 0.2) is 0 Å². The normalized spacial score (nSPS) is 10.7. The van der Waals surface area contributed by atoms with E-state index in [1.165, 1.54) is 26.4 Å². The molecule has 6 heteroatoms. The second-order valence-electron chi connectivity index (χ2n) is 5.50. The molecule has 0 saturated carbocycles. The molecule has 0 spiro atoms. The first-order chi connectivity index (χ1) is 12.4. The molecule has 0 bridgehead atoms. The summed E-state index contributed by atoms with van der Waals surface area (Å²) in [5, 5.41) is 0. The van der Waals surface area contributed by atoms with Crippen LogP contribution in [-0.4, -0.2) is 14.2 Å². The minimum atomic E-state index is -0.556. The van der Waals surface area contributed by atoms with Gasteiger partial charge in [0.1, 0.15) is 23.1 Å². The first kappa shape index (κ1) is 18.9. The van der Waals surface area contributed by atoms with Crippen LogP contribution in [0.3, 0.4) is 0 Å². The van der Waals surface area contributed by atoms with Crippen LogP contribution in [0.15, 0.2) is 57.5 Å². The van der Waals surface area contributed by atoms with E-state index in [1.54, 1.807) is 36.4 Å². The van der Waals surface area contributed by atoms with Crippen LogP contribution in [-0.2, 0) is 0 Å². The molecule has 0 unspecified atom stereocenters. The Hall–Kier alpha value is -1.92. The van der Waals surface area contributed by atoms with E-state index < -0.39 is 11.6 Å². The van der Waals surface area contributed by atoms with Crippen molar-refractivity contribution in [1.82, 2.24) is 0 Å². The van der Waals surface area contributed by atoms with Gasteiger partial charge in [0.05, 0.1) is 14.2 Å². The van der Waals surface area contributed by atoms with Crippen molar-refractivity contribution in [3.63, 3.8) is 0 Å². The number of methoxy groups -OCH3 is 2. The van der Waals surface area contributed by atoms with Crippen molar-refractivity contribution >= 4 is 31.9 Å². The summed E-state index contributed by atoms with van der Waals surface area (Å²) < 4.78 is 41.8. The molecule has 3 aromatic rings. The molecule has 0 amide bonds. The molecule has 3 aromatic carbocycles. The van der Waals surface area contributed by atoms with Crippen molar-refractivity contribution in [3.05, 3.63) is 69.1 Å². The minimum Gasteiger partial charge on any atom is -0.496 e. The fraction of sp³-hybridized carbons (Fsp3) is 0.100. The van der Waals surface area contributed by atoms with E-state index in [0.717, 1.165) is 8.95 Å². The second kappa shape index (κ2) is 7.76. The maximum absolute atomic E-state index is 14.9. The van der Waals surface area contributed by atoms with Crippen molar-refractivity contribution in [2.45, 2.75) is 0 Å². The number of ether oxygens (including phenoxy) is 2. The van der Waals surface area contributed by atoms with Gasteiger partial charge in [0.25, 0.3) is 0 Å². The minimum absolute atomic E-state index is 0.123. The van der Waals surface area contributed by atoms with Gasteiger partial charge >= 0.3 is 0 Å². The Morgan fingerprint density at radius 2 is 1.00 bits per heavy atom.